The van der Waals surface area contributed by atoms with Crippen molar-refractivity contribution >= 4 is 5.91 Å². The zero-order chi connectivity index (χ0) is 12.2. The maximum Gasteiger partial charge on any atom is 0.240 e. The predicted octanol–water partition coefficient (Wildman–Crippen LogP) is 1.71. The van der Waals surface area contributed by atoms with Crippen LogP contribution in [0.15, 0.2) is 24.5 Å². The highest BCUT2D eigenvalue weighted by Crippen LogP contribution is 2.20. The summed E-state index contributed by atoms with van der Waals surface area (Å²) < 4.78 is 1.63. The van der Waals surface area contributed by atoms with E-state index in [1.807, 2.05) is 12.1 Å². The standard InChI is InChI=1S/C12H21N3O/c1-12(2,3)9-10(13)8-11(16)14-15-6-4-5-7-15/h4-7,10H,8-9,13H2,1-3H3,(H,14,16). The number of nitrogens with zero attached hydrogens (tertiary/aromatic N) is 1. The fraction of sp³-hybridized carbons (Fsp3) is 0.583. The lowest BCUT2D eigenvalue weighted by Crippen LogP contribution is -2.33. The van der Waals surface area contributed by atoms with Gasteiger partial charge in [0.25, 0.3) is 0 Å². The van der Waals surface area contributed by atoms with Gasteiger partial charge in [0.1, 0.15) is 0 Å². The van der Waals surface area contributed by atoms with E-state index in [2.05, 4.69) is 26.2 Å². The van der Waals surface area contributed by atoms with Crippen molar-refractivity contribution in [1.82, 2.24) is 4.68 Å². The molecule has 16 heavy (non-hydrogen) atoms. The van der Waals surface area contributed by atoms with Gasteiger partial charge in [-0.3, -0.25) is 14.9 Å². The van der Waals surface area contributed by atoms with Gasteiger partial charge in [0, 0.05) is 24.9 Å². The Kier molecular flexibility index (Phi) is 4.12. The molecule has 0 fully saturated rings. The molecule has 1 amide bonds. The molecule has 1 unspecified atom stereocenters. The maximum absolute atomic E-state index is 11.6. The van der Waals surface area contributed by atoms with E-state index in [1.165, 1.54) is 0 Å². The molecule has 0 saturated carbocycles. The first-order chi connectivity index (χ1) is 7.37. The molecule has 3 N–H and O–H groups in total. The fourth-order valence-corrected chi connectivity index (χ4v) is 1.70. The highest BCUT2D eigenvalue weighted by molar-refractivity contribution is 5.84. The number of carbonyl (C=O) groups excluding carboxylic acids is 1. The van der Waals surface area contributed by atoms with Crippen LogP contribution in [-0.2, 0) is 4.79 Å². The molecule has 0 aliphatic rings. The van der Waals surface area contributed by atoms with E-state index >= 15 is 0 Å². The van der Waals surface area contributed by atoms with Gasteiger partial charge >= 0.3 is 0 Å². The van der Waals surface area contributed by atoms with Gasteiger partial charge in [0.05, 0.1) is 0 Å². The molecule has 0 aliphatic heterocycles. The van der Waals surface area contributed by atoms with Crippen LogP contribution in [-0.4, -0.2) is 16.6 Å². The Balaban J connectivity index is 2.34. The lowest BCUT2D eigenvalue weighted by molar-refractivity contribution is -0.117. The number of nitrogens with two attached hydrogens (primary N) is 1. The van der Waals surface area contributed by atoms with Crippen LogP contribution in [0.25, 0.3) is 0 Å². The van der Waals surface area contributed by atoms with Gasteiger partial charge in [-0.05, 0) is 24.0 Å². The lowest BCUT2D eigenvalue weighted by atomic mass is 9.87. The third-order valence-corrected chi connectivity index (χ3v) is 2.18. The average Bonchev–Trinajstić information content (AvgIpc) is 2.51. The van der Waals surface area contributed by atoms with Gasteiger partial charge in [-0.25, -0.2) is 0 Å². The number of hydrogen-bond acceptors (Lipinski definition) is 2. The SMILES string of the molecule is CC(C)(C)CC(N)CC(=O)Nn1cccc1. The van der Waals surface area contributed by atoms with Crippen LogP contribution in [0, 0.1) is 5.41 Å². The molecule has 4 nitrogen and oxygen atoms in total. The van der Waals surface area contributed by atoms with E-state index < -0.39 is 0 Å². The van der Waals surface area contributed by atoms with Gasteiger partial charge in [0.15, 0.2) is 0 Å². The maximum atomic E-state index is 11.6. The van der Waals surface area contributed by atoms with Gasteiger partial charge in [-0.15, -0.1) is 0 Å². The Morgan fingerprint density at radius 3 is 2.44 bits per heavy atom. The average molecular weight is 223 g/mol. The molecule has 1 aromatic rings. The molecular formula is C12H21N3O. The van der Waals surface area contributed by atoms with Crippen molar-refractivity contribution in [1.29, 1.82) is 0 Å². The van der Waals surface area contributed by atoms with Crippen LogP contribution >= 0.6 is 0 Å². The largest absolute Gasteiger partial charge is 0.327 e. The summed E-state index contributed by atoms with van der Waals surface area (Å²) >= 11 is 0. The molecule has 1 heterocycles. The minimum atomic E-state index is -0.0874. The fourth-order valence-electron chi connectivity index (χ4n) is 1.70. The van der Waals surface area contributed by atoms with Crippen molar-refractivity contribution < 1.29 is 4.79 Å². The second kappa shape index (κ2) is 5.16. The molecule has 0 saturated heterocycles. The van der Waals surface area contributed by atoms with E-state index in [1.54, 1.807) is 17.1 Å². The summed E-state index contributed by atoms with van der Waals surface area (Å²) in [5, 5.41) is 0. The Hall–Kier alpha value is -1.29. The lowest BCUT2D eigenvalue weighted by Gasteiger charge is -2.22. The first kappa shape index (κ1) is 12.8. The molecule has 0 bridgehead atoms. The minimum absolute atomic E-state index is 0.0482. The third kappa shape index (κ3) is 4.98. The van der Waals surface area contributed by atoms with Gasteiger partial charge in [0.2, 0.25) is 5.91 Å². The highest BCUT2D eigenvalue weighted by atomic mass is 16.2. The van der Waals surface area contributed by atoms with Crippen LogP contribution in [0.2, 0.25) is 0 Å². The summed E-state index contributed by atoms with van der Waals surface area (Å²) in [5.41, 5.74) is 8.82. The summed E-state index contributed by atoms with van der Waals surface area (Å²) in [7, 11) is 0. The molecule has 0 spiro atoms. The topological polar surface area (TPSA) is 60.1 Å². The van der Waals surface area contributed by atoms with E-state index in [9.17, 15) is 4.79 Å². The summed E-state index contributed by atoms with van der Waals surface area (Å²) in [6.45, 7) is 6.37. The second-order valence-corrected chi connectivity index (χ2v) is 5.35. The highest BCUT2D eigenvalue weighted by Gasteiger charge is 2.18. The molecule has 1 atom stereocenters. The van der Waals surface area contributed by atoms with Crippen LogP contribution in [0.5, 0.6) is 0 Å². The summed E-state index contributed by atoms with van der Waals surface area (Å²) in [6.07, 6.45) is 4.77. The Labute approximate surface area is 96.8 Å². The van der Waals surface area contributed by atoms with Crippen LogP contribution in [0.3, 0.4) is 0 Å². The molecule has 0 radical (unpaired) electrons. The van der Waals surface area contributed by atoms with Crippen molar-refractivity contribution in [2.75, 3.05) is 5.43 Å². The number of aromatic nitrogens is 1. The van der Waals surface area contributed by atoms with Crippen LogP contribution < -0.4 is 11.2 Å². The van der Waals surface area contributed by atoms with E-state index in [-0.39, 0.29) is 17.4 Å². The zero-order valence-electron chi connectivity index (χ0n) is 10.2. The van der Waals surface area contributed by atoms with Gasteiger partial charge in [-0.2, -0.15) is 0 Å². The van der Waals surface area contributed by atoms with Crippen molar-refractivity contribution in [2.24, 2.45) is 11.1 Å². The number of rotatable bonds is 4. The Morgan fingerprint density at radius 2 is 1.94 bits per heavy atom. The first-order valence-electron chi connectivity index (χ1n) is 5.55. The molecule has 1 rings (SSSR count). The van der Waals surface area contributed by atoms with Crippen molar-refractivity contribution in [3.05, 3.63) is 24.5 Å². The Morgan fingerprint density at radius 1 is 1.38 bits per heavy atom. The molecule has 1 aromatic heterocycles. The number of carbonyl (C=O) groups is 1. The molecule has 0 aliphatic carbocycles. The summed E-state index contributed by atoms with van der Waals surface area (Å²) in [6, 6.07) is 3.63. The summed E-state index contributed by atoms with van der Waals surface area (Å²) in [4.78, 5) is 11.6. The number of hydrogen-bond donors (Lipinski definition) is 2. The normalized spacial score (nSPS) is 13.5. The number of nitrogens with one attached hydrogen (secondary N) is 1. The van der Waals surface area contributed by atoms with E-state index in [4.69, 9.17) is 5.73 Å². The van der Waals surface area contributed by atoms with Gasteiger partial charge in [-0.1, -0.05) is 20.8 Å². The van der Waals surface area contributed by atoms with Crippen molar-refractivity contribution in [2.45, 2.75) is 39.7 Å². The zero-order valence-corrected chi connectivity index (χ0v) is 10.2. The smallest absolute Gasteiger partial charge is 0.240 e. The van der Waals surface area contributed by atoms with Gasteiger partial charge < -0.3 is 5.73 Å². The second-order valence-electron chi connectivity index (χ2n) is 5.35. The van der Waals surface area contributed by atoms with Crippen LogP contribution in [0.4, 0.5) is 0 Å². The monoisotopic (exact) mass is 223 g/mol. The number of amides is 1. The summed E-state index contributed by atoms with van der Waals surface area (Å²) in [5.74, 6) is -0.0482. The Bertz CT molecular complexity index is 325. The van der Waals surface area contributed by atoms with Crippen molar-refractivity contribution in [3.63, 3.8) is 0 Å². The van der Waals surface area contributed by atoms with Crippen LogP contribution in [0.1, 0.15) is 33.6 Å². The molecule has 90 valence electrons. The van der Waals surface area contributed by atoms with Crippen molar-refractivity contribution in [3.8, 4) is 0 Å². The van der Waals surface area contributed by atoms with E-state index in [0.717, 1.165) is 6.42 Å². The molecule has 0 aromatic carbocycles. The molecule has 4 heteroatoms. The third-order valence-electron chi connectivity index (χ3n) is 2.18. The quantitative estimate of drug-likeness (QED) is 0.816. The minimum Gasteiger partial charge on any atom is -0.327 e. The van der Waals surface area contributed by atoms with E-state index in [0.29, 0.717) is 6.42 Å². The predicted molar refractivity (Wildman–Crippen MR) is 65.5 cm³/mol. The molecular weight excluding hydrogens is 202 g/mol. The first-order valence-corrected chi connectivity index (χ1v) is 5.55.